The first-order valence-electron chi connectivity index (χ1n) is 27.7. The number of aromatic nitrogens is 4. The molecule has 11 heteroatoms. The second-order valence-corrected chi connectivity index (χ2v) is 17.1. The Bertz CT molecular complexity index is 1350. The van der Waals surface area contributed by atoms with Crippen molar-refractivity contribution in [2.24, 2.45) is 22.9 Å². The molecule has 4 aromatic rings. The highest BCUT2D eigenvalue weighted by atomic mass is 32.2. The van der Waals surface area contributed by atoms with Crippen molar-refractivity contribution in [3.05, 3.63) is 109 Å². The molecule has 0 aliphatic carbocycles. The molecule has 3 fully saturated rings. The van der Waals surface area contributed by atoms with E-state index in [1.807, 2.05) is 194 Å². The summed E-state index contributed by atoms with van der Waals surface area (Å²) in [5.41, 5.74) is 5.57. The molecule has 4 aromatic heterocycles. The van der Waals surface area contributed by atoms with Crippen LogP contribution in [0.15, 0.2) is 95.7 Å². The Morgan fingerprint density at radius 1 is 0.432 bits per heavy atom. The average molecular weight is 1310 g/mol. The molecule has 0 N–H and O–H groups in total. The van der Waals surface area contributed by atoms with Crippen LogP contribution in [0.1, 0.15) is 332 Å². The molecular formula is C77H185N5O4S2. The van der Waals surface area contributed by atoms with Crippen LogP contribution in [0.3, 0.4) is 0 Å². The van der Waals surface area contributed by atoms with E-state index in [9.17, 15) is 4.21 Å². The first-order valence-corrected chi connectivity index (χ1v) is 30.3. The van der Waals surface area contributed by atoms with E-state index in [0.717, 1.165) is 72.6 Å². The molecule has 0 amide bonds. The molecule has 0 unspecified atom stereocenters. The van der Waals surface area contributed by atoms with Crippen molar-refractivity contribution in [3.8, 4) is 0 Å². The second kappa shape index (κ2) is 155. The van der Waals surface area contributed by atoms with E-state index < -0.39 is 10.8 Å². The van der Waals surface area contributed by atoms with E-state index >= 15 is 0 Å². The molecule has 0 atom stereocenters. The fourth-order valence-electron chi connectivity index (χ4n) is 4.53. The van der Waals surface area contributed by atoms with Crippen LogP contribution in [0.5, 0.6) is 0 Å². The van der Waals surface area contributed by atoms with Gasteiger partial charge >= 0.3 is 0 Å². The first kappa shape index (κ1) is 166. The van der Waals surface area contributed by atoms with Crippen LogP contribution in [0.25, 0.3) is 0 Å². The Balaban J connectivity index is -0.0000000211. The van der Waals surface area contributed by atoms with Crippen molar-refractivity contribution < 1.29 is 18.2 Å². The Labute approximate surface area is 575 Å². The number of hydrogen-bond donors (Lipinski definition) is 0. The van der Waals surface area contributed by atoms with E-state index in [1.54, 1.807) is 31.1 Å². The van der Waals surface area contributed by atoms with Gasteiger partial charge in [-0.2, -0.15) is 11.8 Å². The Morgan fingerprint density at radius 2 is 0.841 bits per heavy atom. The summed E-state index contributed by atoms with van der Waals surface area (Å²) in [7, 11) is -0.461. The largest absolute Gasteiger partial charge is 0.452 e. The number of nitrogens with zero attached hydrogens (tertiary/aromatic N) is 5. The minimum atomic E-state index is -0.461. The monoisotopic (exact) mass is 1310 g/mol. The number of aryl methyl sites for hydroxylation is 4. The highest BCUT2D eigenvalue weighted by Gasteiger charge is 2.12. The van der Waals surface area contributed by atoms with Gasteiger partial charge in [0.05, 0.1) is 11.4 Å². The molecule has 88 heavy (non-hydrogen) atoms. The number of pyridine rings is 3. The molecule has 8 rings (SSSR count). The smallest absolute Gasteiger partial charge is 0.180 e. The average Bonchev–Trinajstić information content (AvgIpc) is 4.15. The maximum Gasteiger partial charge on any atom is 0.180 e. The van der Waals surface area contributed by atoms with Gasteiger partial charge in [-0.1, -0.05) is 275 Å². The Kier molecular flexibility index (Phi) is 294. The molecule has 0 saturated carbocycles. The molecule has 0 aromatic carbocycles. The SMILES string of the molecule is C.C.C.C.C.C.C.C.C.C.C.C.C.C.C.C.C.CC.CC.CC.CC.CC.CC.CC.CC.CC1=NOCC1.CC1CCOCC1.CC1CCS(=O)CC1.CC1CCSCC1.Cc1ccccn1.Cc1cccnc1.Cc1ccncc1.Cc1cocn1. The van der Waals surface area contributed by atoms with E-state index in [0.29, 0.717) is 0 Å². The van der Waals surface area contributed by atoms with E-state index in [1.165, 1.54) is 67.6 Å². The zero-order valence-corrected chi connectivity index (χ0v) is 52.5. The topological polar surface area (TPSA) is 113 Å². The molecule has 9 nitrogen and oxygen atoms in total. The zero-order valence-electron chi connectivity index (χ0n) is 50.9. The van der Waals surface area contributed by atoms with E-state index in [4.69, 9.17) is 4.74 Å². The number of oxazole rings is 1. The summed E-state index contributed by atoms with van der Waals surface area (Å²) in [5, 5.41) is 3.65. The molecular weight excluding hydrogens is 1120 g/mol. The quantitative estimate of drug-likeness (QED) is 0.170. The van der Waals surface area contributed by atoms with Crippen LogP contribution >= 0.6 is 11.8 Å². The van der Waals surface area contributed by atoms with Gasteiger partial charge in [0.2, 0.25) is 0 Å². The van der Waals surface area contributed by atoms with Gasteiger partial charge in [0.1, 0.15) is 12.9 Å². The highest BCUT2D eigenvalue weighted by Crippen LogP contribution is 2.21. The van der Waals surface area contributed by atoms with Crippen molar-refractivity contribution in [2.45, 2.75) is 337 Å². The van der Waals surface area contributed by atoms with E-state index in [-0.39, 0.29) is 126 Å². The normalized spacial score (nSPS) is 12.2. The predicted octanol–water partition coefficient (Wildman–Crippen LogP) is 29.7. The number of hydrogen-bond acceptors (Lipinski definition) is 10. The zero-order chi connectivity index (χ0) is 56.4. The fraction of sp³-hybridized carbons (Fsp3) is 0.753. The summed E-state index contributed by atoms with van der Waals surface area (Å²) in [6.45, 7) is 51.5. The highest BCUT2D eigenvalue weighted by molar-refractivity contribution is 7.99. The van der Waals surface area contributed by atoms with Crippen molar-refractivity contribution in [1.82, 2.24) is 19.9 Å². The standard InChI is InChI=1S/3C6H7N.C6H12OS.C6H12O.C6H12S.C4H5NO.C4H7NO.8C2H6.17CH4/c1-6-2-4-7-5-3-6;1-6-3-2-4-7-5-6;1-6-4-2-3-5-7-6;1-6-2-4-8(7)5-3-6;2*1-6-2-4-7-5-3-6;1-4-2-6-3-5-4;1-4-2-3-6-5-4;8*1-2;;;;;;;;;;;;;;;;;/h3*2-5H,1H3;6H,2-5H2,1H3;2*6H,2-5H2,1H3;2-3H,1H3;2-3H2,1H3;8*1-2H3;17*1H4. The minimum Gasteiger partial charge on any atom is -0.452 e. The van der Waals surface area contributed by atoms with Gasteiger partial charge in [-0.05, 0) is 144 Å². The van der Waals surface area contributed by atoms with Crippen LogP contribution in [0.2, 0.25) is 0 Å². The lowest BCUT2D eigenvalue weighted by Crippen LogP contribution is -2.15. The summed E-state index contributed by atoms with van der Waals surface area (Å²) >= 11 is 2.10. The lowest BCUT2D eigenvalue weighted by atomic mass is 10.0. The lowest BCUT2D eigenvalue weighted by molar-refractivity contribution is 0.0716. The molecule has 4 aliphatic rings. The molecule has 8 heterocycles. The van der Waals surface area contributed by atoms with Gasteiger partial charge in [0, 0.05) is 78.6 Å². The van der Waals surface area contributed by atoms with Gasteiger partial charge < -0.3 is 14.0 Å². The number of rotatable bonds is 0. The van der Waals surface area contributed by atoms with Crippen LogP contribution in [-0.4, -0.2) is 72.7 Å². The van der Waals surface area contributed by atoms with Gasteiger partial charge in [-0.15, -0.1) is 0 Å². The minimum absolute atomic E-state index is 0. The fourth-order valence-corrected chi connectivity index (χ4v) is 7.41. The summed E-state index contributed by atoms with van der Waals surface area (Å²) in [6, 6.07) is 13.7. The number of thioether (sulfide) groups is 1. The van der Waals surface area contributed by atoms with Gasteiger partial charge in [0.25, 0.3) is 0 Å². The van der Waals surface area contributed by atoms with Crippen molar-refractivity contribution in [2.75, 3.05) is 42.8 Å². The Hall–Kier alpha value is -3.41. The molecule has 0 radical (unpaired) electrons. The lowest BCUT2D eigenvalue weighted by Gasteiger charge is -2.16. The first-order chi connectivity index (χ1) is 34.5. The van der Waals surface area contributed by atoms with Gasteiger partial charge in [-0.25, -0.2) is 4.98 Å². The molecule has 0 spiro atoms. The van der Waals surface area contributed by atoms with Crippen molar-refractivity contribution in [1.29, 1.82) is 0 Å². The third-order valence-corrected chi connectivity index (χ3v) is 10.9. The van der Waals surface area contributed by atoms with Crippen molar-refractivity contribution in [3.63, 3.8) is 0 Å². The van der Waals surface area contributed by atoms with Crippen LogP contribution in [0, 0.1) is 45.4 Å². The van der Waals surface area contributed by atoms with Crippen molar-refractivity contribution >= 4 is 28.3 Å². The Morgan fingerprint density at radius 3 is 1.01 bits per heavy atom. The van der Waals surface area contributed by atoms with Gasteiger partial charge in [0.15, 0.2) is 6.39 Å². The summed E-state index contributed by atoms with van der Waals surface area (Å²) in [4.78, 5) is 20.1. The molecule has 0 bridgehead atoms. The number of ether oxygens (including phenoxy) is 1. The predicted molar refractivity (Wildman–Crippen MR) is 438 cm³/mol. The van der Waals surface area contributed by atoms with Crippen LogP contribution < -0.4 is 0 Å². The number of oxime groups is 1. The summed E-state index contributed by atoms with van der Waals surface area (Å²) in [6.07, 6.45) is 20.8. The summed E-state index contributed by atoms with van der Waals surface area (Å²) < 4.78 is 20.5. The third-order valence-electron chi connectivity index (χ3n) is 8.50. The molecule has 3 saturated heterocycles. The molecule has 554 valence electrons. The van der Waals surface area contributed by atoms with E-state index in [2.05, 4.69) is 66.9 Å². The third kappa shape index (κ3) is 150. The van der Waals surface area contributed by atoms with Crippen LogP contribution in [-0.2, 0) is 20.4 Å². The molecule has 4 aliphatic heterocycles. The van der Waals surface area contributed by atoms with Gasteiger partial charge in [-0.3, -0.25) is 19.2 Å². The summed E-state index contributed by atoms with van der Waals surface area (Å²) in [5.74, 6) is 7.45. The second-order valence-electron chi connectivity index (χ2n) is 14.2. The van der Waals surface area contributed by atoms with Crippen LogP contribution in [0.4, 0.5) is 0 Å². The maximum absolute atomic E-state index is 10.7. The maximum atomic E-state index is 10.7.